The first-order valence-electron chi connectivity index (χ1n) is 16.0. The third kappa shape index (κ3) is 10.5. The highest BCUT2D eigenvalue weighted by Gasteiger charge is 2.23. The van der Waals surface area contributed by atoms with Crippen molar-refractivity contribution in [2.24, 2.45) is 0 Å². The molecule has 50 heavy (non-hydrogen) atoms. The van der Waals surface area contributed by atoms with Gasteiger partial charge in [0.05, 0.1) is 6.61 Å². The van der Waals surface area contributed by atoms with Gasteiger partial charge in [0.15, 0.2) is 0 Å². The minimum absolute atomic E-state index is 0.0112. The van der Waals surface area contributed by atoms with Crippen molar-refractivity contribution in [2.75, 3.05) is 17.2 Å². The summed E-state index contributed by atoms with van der Waals surface area (Å²) in [7, 11) is 0. The van der Waals surface area contributed by atoms with E-state index in [0.29, 0.717) is 39.2 Å². The molecule has 10 heteroatoms. The standard InChI is InChI=1S/C40H35Cl2N3O4S/c1-2-3-24-49-33-20-16-31(17-21-33)44-40(48)37(27-10-6-4-7-11-27)50-34-22-18-32(19-23-34)43-39(47)36(25-29-14-15-30(41)26-35(29)42)45-38(46)28-12-8-5-9-13-28/h4-23,25-26,37H,2-3,24H2,1H3,(H,43,47)(H,44,48)(H,45,46)/b36-25-. The maximum absolute atomic E-state index is 13.6. The molecule has 0 aromatic heterocycles. The first-order valence-corrected chi connectivity index (χ1v) is 17.6. The van der Waals surface area contributed by atoms with Crippen LogP contribution in [0.4, 0.5) is 11.4 Å². The van der Waals surface area contributed by atoms with Crippen LogP contribution >= 0.6 is 35.0 Å². The number of carbonyl (C=O) groups is 3. The molecule has 1 unspecified atom stereocenters. The zero-order valence-corrected chi connectivity index (χ0v) is 29.5. The number of hydrogen-bond acceptors (Lipinski definition) is 5. The summed E-state index contributed by atoms with van der Waals surface area (Å²) in [6.07, 6.45) is 3.53. The summed E-state index contributed by atoms with van der Waals surface area (Å²) in [6, 6.07) is 37.5. The molecule has 0 saturated heterocycles. The summed E-state index contributed by atoms with van der Waals surface area (Å²) in [4.78, 5) is 41.0. The lowest BCUT2D eigenvalue weighted by atomic mass is 10.1. The fourth-order valence-electron chi connectivity index (χ4n) is 4.75. The molecule has 3 amide bonds. The van der Waals surface area contributed by atoms with Crippen molar-refractivity contribution in [3.05, 3.63) is 160 Å². The molecule has 254 valence electrons. The summed E-state index contributed by atoms with van der Waals surface area (Å²) in [5.74, 6) is -0.426. The van der Waals surface area contributed by atoms with Gasteiger partial charge in [0.1, 0.15) is 16.7 Å². The Morgan fingerprint density at radius 3 is 2.08 bits per heavy atom. The van der Waals surface area contributed by atoms with Crippen LogP contribution < -0.4 is 20.7 Å². The first kappa shape index (κ1) is 36.3. The Balaban J connectivity index is 1.30. The number of thioether (sulfide) groups is 1. The van der Waals surface area contributed by atoms with Gasteiger partial charge in [-0.1, -0.05) is 91.1 Å². The number of amides is 3. The fourth-order valence-corrected chi connectivity index (χ4v) is 6.23. The largest absolute Gasteiger partial charge is 0.494 e. The van der Waals surface area contributed by atoms with Crippen LogP contribution in [-0.2, 0) is 9.59 Å². The van der Waals surface area contributed by atoms with E-state index in [2.05, 4.69) is 22.9 Å². The molecule has 5 aromatic rings. The van der Waals surface area contributed by atoms with Crippen LogP contribution in [0.1, 0.15) is 46.5 Å². The molecule has 0 bridgehead atoms. The molecule has 1 atom stereocenters. The zero-order valence-electron chi connectivity index (χ0n) is 27.2. The minimum atomic E-state index is -0.552. The van der Waals surface area contributed by atoms with Crippen LogP contribution in [0.2, 0.25) is 10.0 Å². The number of hydrogen-bond donors (Lipinski definition) is 3. The highest BCUT2D eigenvalue weighted by molar-refractivity contribution is 8.00. The first-order chi connectivity index (χ1) is 24.3. The minimum Gasteiger partial charge on any atom is -0.494 e. The molecule has 3 N–H and O–H groups in total. The number of rotatable bonds is 14. The molecule has 0 aliphatic rings. The predicted octanol–water partition coefficient (Wildman–Crippen LogP) is 10.1. The number of ether oxygens (including phenoxy) is 1. The Morgan fingerprint density at radius 1 is 0.780 bits per heavy atom. The maximum atomic E-state index is 13.6. The number of anilines is 2. The van der Waals surface area contributed by atoms with E-state index in [1.54, 1.807) is 60.7 Å². The third-order valence-corrected chi connectivity index (χ3v) is 9.21. The number of unbranched alkanes of at least 4 members (excludes halogenated alkanes) is 1. The topological polar surface area (TPSA) is 96.5 Å². The van der Waals surface area contributed by atoms with Crippen LogP contribution in [0.15, 0.2) is 138 Å². The van der Waals surface area contributed by atoms with E-state index in [0.717, 1.165) is 29.1 Å². The predicted molar refractivity (Wildman–Crippen MR) is 204 cm³/mol. The van der Waals surface area contributed by atoms with Gasteiger partial charge in [0.25, 0.3) is 11.8 Å². The smallest absolute Gasteiger partial charge is 0.272 e. The highest BCUT2D eigenvalue weighted by atomic mass is 35.5. The van der Waals surface area contributed by atoms with Crippen molar-refractivity contribution in [3.8, 4) is 5.75 Å². The van der Waals surface area contributed by atoms with Crippen LogP contribution in [0.25, 0.3) is 6.08 Å². The molecule has 5 rings (SSSR count). The van der Waals surface area contributed by atoms with Crippen LogP contribution in [0.3, 0.4) is 0 Å². The van der Waals surface area contributed by atoms with E-state index in [1.807, 2.05) is 66.7 Å². The number of nitrogens with one attached hydrogen (secondary N) is 3. The molecule has 0 spiro atoms. The van der Waals surface area contributed by atoms with Crippen molar-refractivity contribution < 1.29 is 19.1 Å². The van der Waals surface area contributed by atoms with E-state index < -0.39 is 17.1 Å². The van der Waals surface area contributed by atoms with E-state index in [4.69, 9.17) is 27.9 Å². The van der Waals surface area contributed by atoms with Crippen molar-refractivity contribution in [1.82, 2.24) is 5.32 Å². The third-order valence-electron chi connectivity index (χ3n) is 7.39. The van der Waals surface area contributed by atoms with Crippen molar-refractivity contribution in [3.63, 3.8) is 0 Å². The monoisotopic (exact) mass is 723 g/mol. The molecule has 0 radical (unpaired) electrons. The van der Waals surface area contributed by atoms with Gasteiger partial charge in [0.2, 0.25) is 5.91 Å². The van der Waals surface area contributed by atoms with Gasteiger partial charge in [-0.25, -0.2) is 0 Å². The molecule has 0 saturated carbocycles. The van der Waals surface area contributed by atoms with Gasteiger partial charge < -0.3 is 20.7 Å². The van der Waals surface area contributed by atoms with Gasteiger partial charge in [-0.15, -0.1) is 11.8 Å². The quantitative estimate of drug-likeness (QED) is 0.0602. The van der Waals surface area contributed by atoms with Gasteiger partial charge in [-0.3, -0.25) is 14.4 Å². The number of carbonyl (C=O) groups excluding carboxylic acids is 3. The Hall–Kier alpha value is -5.02. The van der Waals surface area contributed by atoms with E-state index in [9.17, 15) is 14.4 Å². The van der Waals surface area contributed by atoms with Crippen LogP contribution in [0.5, 0.6) is 5.75 Å². The van der Waals surface area contributed by atoms with Gasteiger partial charge in [-0.05, 0) is 96.4 Å². The lowest BCUT2D eigenvalue weighted by Crippen LogP contribution is -2.30. The van der Waals surface area contributed by atoms with Crippen molar-refractivity contribution in [1.29, 1.82) is 0 Å². The molecule has 0 aliphatic carbocycles. The number of benzene rings is 5. The van der Waals surface area contributed by atoms with Crippen molar-refractivity contribution in [2.45, 2.75) is 29.9 Å². The second kappa shape index (κ2) is 18.1. The van der Waals surface area contributed by atoms with Gasteiger partial charge >= 0.3 is 0 Å². The second-order valence-electron chi connectivity index (χ2n) is 11.1. The normalized spacial score (nSPS) is 11.7. The second-order valence-corrected chi connectivity index (χ2v) is 13.2. The highest BCUT2D eigenvalue weighted by Crippen LogP contribution is 2.37. The molecule has 0 aliphatic heterocycles. The van der Waals surface area contributed by atoms with E-state index in [1.165, 1.54) is 17.8 Å². The molecule has 0 fully saturated rings. The molecule has 0 heterocycles. The summed E-state index contributed by atoms with van der Waals surface area (Å²) in [5, 5.41) is 8.80. The lowest BCUT2D eigenvalue weighted by molar-refractivity contribution is -0.116. The zero-order chi connectivity index (χ0) is 35.3. The summed E-state index contributed by atoms with van der Waals surface area (Å²) in [6.45, 7) is 2.76. The Kier molecular flexibility index (Phi) is 13.1. The molecule has 7 nitrogen and oxygen atoms in total. The summed E-state index contributed by atoms with van der Waals surface area (Å²) < 4.78 is 5.74. The SMILES string of the molecule is CCCCOc1ccc(NC(=O)C(Sc2ccc(NC(=O)/C(=C/c3ccc(Cl)cc3Cl)NC(=O)c3ccccc3)cc2)c2ccccc2)cc1. The average molecular weight is 725 g/mol. The fraction of sp³-hybridized carbons (Fsp3) is 0.125. The Morgan fingerprint density at radius 2 is 1.42 bits per heavy atom. The van der Waals surface area contributed by atoms with E-state index >= 15 is 0 Å². The molecular weight excluding hydrogens is 689 g/mol. The summed E-state index contributed by atoms with van der Waals surface area (Å²) >= 11 is 13.8. The van der Waals surface area contributed by atoms with Crippen LogP contribution in [0, 0.1) is 0 Å². The molecular formula is C40H35Cl2N3O4S. The van der Waals surface area contributed by atoms with Gasteiger partial charge in [0, 0.05) is 31.9 Å². The Labute approximate surface area is 306 Å². The lowest BCUT2D eigenvalue weighted by Gasteiger charge is -2.18. The van der Waals surface area contributed by atoms with Crippen molar-refractivity contribution >= 4 is 70.1 Å². The summed E-state index contributed by atoms with van der Waals surface area (Å²) in [5.41, 5.74) is 2.88. The number of halogens is 2. The Bertz CT molecular complexity index is 1940. The average Bonchev–Trinajstić information content (AvgIpc) is 3.13. The van der Waals surface area contributed by atoms with Crippen LogP contribution in [-0.4, -0.2) is 24.3 Å². The van der Waals surface area contributed by atoms with E-state index in [-0.39, 0.29) is 11.6 Å². The maximum Gasteiger partial charge on any atom is 0.272 e. The van der Waals surface area contributed by atoms with Gasteiger partial charge in [-0.2, -0.15) is 0 Å². The molecule has 5 aromatic carbocycles.